The number of nitrogens with one attached hydrogen (secondary N) is 1. The van der Waals surface area contributed by atoms with Crippen LogP contribution in [0.2, 0.25) is 0 Å². The Labute approximate surface area is 231 Å². The van der Waals surface area contributed by atoms with Gasteiger partial charge in [-0.15, -0.1) is 0 Å². The number of hydrogen-bond donors (Lipinski definition) is 1. The average Bonchev–Trinajstić information content (AvgIpc) is 3.58. The summed E-state index contributed by atoms with van der Waals surface area (Å²) in [5, 5.41) is 9.77. The van der Waals surface area contributed by atoms with Crippen molar-refractivity contribution in [2.24, 2.45) is 0 Å². The lowest BCUT2D eigenvalue weighted by Crippen LogP contribution is -2.17. The fraction of sp³-hybridized carbons (Fsp3) is 0.241. The molecular formula is C29H29N7O3S. The van der Waals surface area contributed by atoms with Gasteiger partial charge in [-0.25, -0.2) is 23.1 Å². The second-order valence-corrected chi connectivity index (χ2v) is 11.5. The topological polar surface area (TPSA) is 121 Å². The van der Waals surface area contributed by atoms with Crippen molar-refractivity contribution in [2.75, 3.05) is 4.72 Å². The van der Waals surface area contributed by atoms with Crippen LogP contribution in [0, 0.1) is 27.7 Å². The lowest BCUT2D eigenvalue weighted by molar-refractivity contribution is 0.399. The molecule has 0 aliphatic carbocycles. The predicted octanol–water partition coefficient (Wildman–Crippen LogP) is 5.40. The van der Waals surface area contributed by atoms with Gasteiger partial charge in [-0.05, 0) is 57.5 Å². The molecule has 6 rings (SSSR count). The molecule has 4 aromatic heterocycles. The molecule has 0 unspecified atom stereocenters. The molecule has 40 heavy (non-hydrogen) atoms. The molecule has 0 saturated heterocycles. The number of rotatable bonds is 7. The highest BCUT2D eigenvalue weighted by atomic mass is 32.2. The third-order valence-electron chi connectivity index (χ3n) is 7.16. The number of aromatic nitrogens is 6. The molecule has 1 N–H and O–H groups in total. The molecular weight excluding hydrogens is 526 g/mol. The Balaban J connectivity index is 1.49. The van der Waals surface area contributed by atoms with Crippen LogP contribution in [-0.4, -0.2) is 37.9 Å². The smallest absolute Gasteiger partial charge is 0.265 e. The van der Waals surface area contributed by atoms with Crippen LogP contribution in [-0.2, 0) is 23.0 Å². The molecule has 11 heteroatoms. The predicted molar refractivity (Wildman–Crippen MR) is 153 cm³/mol. The Bertz CT molecular complexity index is 2020. The number of hydrogen-bond acceptors (Lipinski definition) is 7. The monoisotopic (exact) mass is 555 g/mol. The molecule has 0 bridgehead atoms. The molecule has 0 radical (unpaired) electrons. The number of imidazole rings is 1. The normalized spacial score (nSPS) is 12.0. The third-order valence-corrected chi connectivity index (χ3v) is 8.55. The van der Waals surface area contributed by atoms with E-state index in [4.69, 9.17) is 19.6 Å². The minimum Gasteiger partial charge on any atom is -0.359 e. The van der Waals surface area contributed by atoms with Crippen LogP contribution in [0.3, 0.4) is 0 Å². The molecule has 2 aromatic carbocycles. The van der Waals surface area contributed by atoms with Gasteiger partial charge in [0.25, 0.3) is 10.0 Å². The summed E-state index contributed by atoms with van der Waals surface area (Å²) < 4.78 is 38.7. The zero-order valence-electron chi connectivity index (χ0n) is 22.9. The standard InChI is InChI=1S/C29H29N7O3S/c1-6-26-31-27-17(2)15-18(3)30-29(27)35(26)16-22-21-11-7-8-12-23(21)36(32-22)24-13-9-10-14-25(24)40(37,38)34-28-19(4)20(5)39-33-28/h7-15H,6,16H2,1-5H3,(H,33,34). The van der Waals surface area contributed by atoms with E-state index in [1.54, 1.807) is 42.8 Å². The van der Waals surface area contributed by atoms with Gasteiger partial charge in [0.15, 0.2) is 11.5 Å². The Morgan fingerprint density at radius 1 is 0.975 bits per heavy atom. The maximum atomic E-state index is 13.6. The van der Waals surface area contributed by atoms with Gasteiger partial charge in [0, 0.05) is 23.1 Å². The maximum Gasteiger partial charge on any atom is 0.265 e. The fourth-order valence-electron chi connectivity index (χ4n) is 5.02. The van der Waals surface area contributed by atoms with Gasteiger partial charge in [0.1, 0.15) is 22.0 Å². The highest BCUT2D eigenvalue weighted by molar-refractivity contribution is 7.92. The summed E-state index contributed by atoms with van der Waals surface area (Å²) >= 11 is 0. The lowest BCUT2D eigenvalue weighted by Gasteiger charge is -2.12. The molecule has 0 atom stereocenters. The quantitative estimate of drug-likeness (QED) is 0.280. The van der Waals surface area contributed by atoms with Crippen molar-refractivity contribution in [3.63, 3.8) is 0 Å². The molecule has 0 aliphatic rings. The molecule has 0 saturated carbocycles. The first-order valence-corrected chi connectivity index (χ1v) is 14.5. The van der Waals surface area contributed by atoms with E-state index in [0.717, 1.165) is 51.3 Å². The molecule has 0 spiro atoms. The van der Waals surface area contributed by atoms with E-state index in [9.17, 15) is 8.42 Å². The van der Waals surface area contributed by atoms with Crippen LogP contribution in [0.25, 0.3) is 27.8 Å². The summed E-state index contributed by atoms with van der Waals surface area (Å²) in [6.07, 6.45) is 0.737. The molecule has 4 heterocycles. The second-order valence-electron chi connectivity index (χ2n) is 9.88. The number of sulfonamides is 1. The highest BCUT2D eigenvalue weighted by Gasteiger charge is 2.25. The van der Waals surface area contributed by atoms with E-state index >= 15 is 0 Å². The first kappa shape index (κ1) is 25.8. The Hall–Kier alpha value is -4.51. The maximum absolute atomic E-state index is 13.6. The zero-order valence-corrected chi connectivity index (χ0v) is 23.7. The van der Waals surface area contributed by atoms with Crippen LogP contribution in [0.5, 0.6) is 0 Å². The van der Waals surface area contributed by atoms with Crippen molar-refractivity contribution < 1.29 is 12.9 Å². The van der Waals surface area contributed by atoms with E-state index in [1.807, 2.05) is 44.2 Å². The van der Waals surface area contributed by atoms with E-state index in [-0.39, 0.29) is 10.7 Å². The van der Waals surface area contributed by atoms with Crippen LogP contribution in [0.1, 0.15) is 41.0 Å². The van der Waals surface area contributed by atoms with Gasteiger partial charge < -0.3 is 9.09 Å². The van der Waals surface area contributed by atoms with Gasteiger partial charge in [0.05, 0.1) is 23.4 Å². The number of fused-ring (bicyclic) bond motifs is 2. The van der Waals surface area contributed by atoms with E-state index in [2.05, 4.69) is 21.4 Å². The van der Waals surface area contributed by atoms with E-state index in [0.29, 0.717) is 23.6 Å². The van der Waals surface area contributed by atoms with Crippen molar-refractivity contribution in [1.29, 1.82) is 0 Å². The van der Waals surface area contributed by atoms with Crippen molar-refractivity contribution in [3.8, 4) is 5.69 Å². The van der Waals surface area contributed by atoms with Crippen LogP contribution < -0.4 is 4.72 Å². The van der Waals surface area contributed by atoms with Crippen molar-refractivity contribution >= 4 is 37.9 Å². The molecule has 204 valence electrons. The first-order chi connectivity index (χ1) is 19.2. The van der Waals surface area contributed by atoms with Gasteiger partial charge in [-0.2, -0.15) is 5.10 Å². The fourth-order valence-corrected chi connectivity index (χ4v) is 6.26. The van der Waals surface area contributed by atoms with Crippen molar-refractivity contribution in [2.45, 2.75) is 52.5 Å². The third kappa shape index (κ3) is 4.22. The lowest BCUT2D eigenvalue weighted by atomic mass is 10.2. The highest BCUT2D eigenvalue weighted by Crippen LogP contribution is 2.30. The van der Waals surface area contributed by atoms with Gasteiger partial charge >= 0.3 is 0 Å². The molecule has 6 aromatic rings. The summed E-state index contributed by atoms with van der Waals surface area (Å²) in [7, 11) is -4.02. The summed E-state index contributed by atoms with van der Waals surface area (Å²) in [4.78, 5) is 9.75. The Morgan fingerprint density at radius 3 is 2.48 bits per heavy atom. The number of aryl methyl sites for hydroxylation is 4. The minimum atomic E-state index is -4.02. The largest absolute Gasteiger partial charge is 0.359 e. The first-order valence-electron chi connectivity index (χ1n) is 13.0. The van der Waals surface area contributed by atoms with Crippen LogP contribution in [0.4, 0.5) is 5.82 Å². The molecule has 0 amide bonds. The van der Waals surface area contributed by atoms with Gasteiger partial charge in [-0.3, -0.25) is 4.72 Å². The summed E-state index contributed by atoms with van der Waals surface area (Å²) in [5.41, 5.74) is 6.33. The Morgan fingerprint density at radius 2 is 1.73 bits per heavy atom. The van der Waals surface area contributed by atoms with Gasteiger partial charge in [0.2, 0.25) is 0 Å². The van der Waals surface area contributed by atoms with E-state index in [1.165, 1.54) is 0 Å². The van der Waals surface area contributed by atoms with Crippen molar-refractivity contribution in [1.82, 2.24) is 29.5 Å². The average molecular weight is 556 g/mol. The molecule has 0 fully saturated rings. The second kappa shape index (κ2) is 9.60. The number of benzene rings is 2. The van der Waals surface area contributed by atoms with Crippen LogP contribution in [0.15, 0.2) is 64.0 Å². The Kier molecular flexibility index (Phi) is 6.18. The van der Waals surface area contributed by atoms with Gasteiger partial charge in [-0.1, -0.05) is 42.4 Å². The number of para-hydroxylation sites is 2. The van der Waals surface area contributed by atoms with E-state index < -0.39 is 10.0 Å². The van der Waals surface area contributed by atoms with Crippen molar-refractivity contribution in [3.05, 3.63) is 88.7 Å². The van der Waals surface area contributed by atoms with Crippen LogP contribution >= 0.6 is 0 Å². The summed E-state index contributed by atoms with van der Waals surface area (Å²) in [5.74, 6) is 1.63. The summed E-state index contributed by atoms with van der Waals surface area (Å²) in [6.45, 7) is 10.0. The molecule has 0 aliphatic heterocycles. The number of nitrogens with zero attached hydrogens (tertiary/aromatic N) is 6. The SMILES string of the molecule is CCc1nc2c(C)cc(C)nc2n1Cc1nn(-c2ccccc2S(=O)(=O)Nc2noc(C)c2C)c2ccccc12. The summed E-state index contributed by atoms with van der Waals surface area (Å²) in [6, 6.07) is 16.6. The number of pyridine rings is 1. The number of anilines is 1. The molecule has 10 nitrogen and oxygen atoms in total. The zero-order chi connectivity index (χ0) is 28.2. The minimum absolute atomic E-state index is 0.0742.